The van der Waals surface area contributed by atoms with Gasteiger partial charge in [0.1, 0.15) is 60.4 Å². The number of carbonyl (C=O) groups is 12. The lowest BCUT2D eigenvalue weighted by Gasteiger charge is -2.40. The van der Waals surface area contributed by atoms with E-state index in [4.69, 9.17) is 16.3 Å². The topological polar surface area (TPSA) is 329 Å². The number of amides is 12. The van der Waals surface area contributed by atoms with Crippen molar-refractivity contribution in [3.63, 3.8) is 0 Å². The van der Waals surface area contributed by atoms with Crippen LogP contribution in [0.1, 0.15) is 205 Å². The van der Waals surface area contributed by atoms with Gasteiger partial charge in [0.15, 0.2) is 0 Å². The molecule has 103 heavy (non-hydrogen) atoms. The summed E-state index contributed by atoms with van der Waals surface area (Å²) in [5.74, 6) is -10.5. The number of piperidine rings is 1. The summed E-state index contributed by atoms with van der Waals surface area (Å²) in [7, 11) is 9.93. The van der Waals surface area contributed by atoms with Crippen LogP contribution in [0.25, 0.3) is 0 Å². The SMILES string of the molecule is CC[C@H](C)[C@H]1C(=O)N[C@@H]([C@@H](C)O)C(=O)N(C)CC(=O)N(C)[C@@H](CC(C)C)C(=O)N[C@H](C(=O)N2CCCCC2)CC(=O)N(C)[C@@H](C(C)C)C(=O)N[C@@H](COC[C@@H](C)O)C(=O)N(C)[C@@H](CC(C)C)C(=O)N(C)[C@@H](CC2CCCC(Cl)C2)C(=O)N[C@@H](CC(C)C)C(=O)N(C)[C@@H](CC2CCCCC2)C(=O)N1C. The van der Waals surface area contributed by atoms with Crippen LogP contribution >= 0.6 is 11.6 Å². The van der Waals surface area contributed by atoms with Gasteiger partial charge in [-0.25, -0.2) is 0 Å². The molecule has 2 saturated heterocycles. The van der Waals surface area contributed by atoms with E-state index in [0.29, 0.717) is 45.2 Å². The quantitative estimate of drug-likeness (QED) is 0.0968. The standard InChI is InChI=1S/C75H131ClN12O15/c1-20-48(10)65-69(96)80-63(50(12)90)75(102)81(13)41-62(92)82(14)57(35-45(4)5)66(93)78-55(72(99)88-32-25-22-26-33-88)40-61(91)86(18)64(47(8)9)68(95)79-56(43-103-42-49(11)89)71(98)84(16)59(36-46(6)7)73(100)83(15)58(39-52-30-27-31-53(76)37-52)67(94)77-54(34-44(2)3)70(97)85(17)60(74(101)87(65)19)38-51-28-23-21-24-29-51/h44-60,63-65,89-90H,20-43H2,1-19H3,(H,77,94)(H,78,93)(H,79,95)(H,80,96)/t48-,49+,50+,52?,53?,54-,55-,56-,57-,58-,59-,60-,63-,64-,65-/m0/s1. The number of alkyl halides is 1. The molecule has 0 aromatic rings. The molecule has 27 nitrogen and oxygen atoms in total. The minimum absolute atomic E-state index is 0.00283. The largest absolute Gasteiger partial charge is 0.391 e. The lowest BCUT2D eigenvalue weighted by atomic mass is 9.83. The Morgan fingerprint density at radius 3 is 1.56 bits per heavy atom. The summed E-state index contributed by atoms with van der Waals surface area (Å²) in [6, 6.07) is -13.5. The Morgan fingerprint density at radius 2 is 1.01 bits per heavy atom. The Balaban J connectivity index is 2.01. The Hall–Kier alpha value is -6.19. The summed E-state index contributed by atoms with van der Waals surface area (Å²) in [5, 5.41) is 32.9. The van der Waals surface area contributed by atoms with Gasteiger partial charge >= 0.3 is 0 Å². The number of likely N-dealkylation sites (tertiary alicyclic amines) is 1. The molecule has 2 unspecified atom stereocenters. The van der Waals surface area contributed by atoms with Crippen LogP contribution in [-0.2, 0) is 62.3 Å². The van der Waals surface area contributed by atoms with Gasteiger partial charge < -0.3 is 75.4 Å². The van der Waals surface area contributed by atoms with Gasteiger partial charge in [-0.15, -0.1) is 11.6 Å². The fourth-order valence-electron chi connectivity index (χ4n) is 15.1. The highest BCUT2D eigenvalue weighted by Crippen LogP contribution is 2.34. The highest BCUT2D eigenvalue weighted by molar-refractivity contribution is 6.20. The number of nitrogens with one attached hydrogen (secondary N) is 4. The van der Waals surface area contributed by atoms with Gasteiger partial charge in [0.05, 0.1) is 38.4 Å². The minimum atomic E-state index is -1.65. The molecule has 0 spiro atoms. The predicted molar refractivity (Wildman–Crippen MR) is 394 cm³/mol. The maximum absolute atomic E-state index is 15.7. The summed E-state index contributed by atoms with van der Waals surface area (Å²) in [4.78, 5) is 192. The fraction of sp³-hybridized carbons (Fsp3) is 0.840. The van der Waals surface area contributed by atoms with Crippen molar-refractivity contribution in [2.24, 2.45) is 41.4 Å². The molecule has 0 aromatic heterocycles. The minimum Gasteiger partial charge on any atom is -0.391 e. The molecule has 0 aromatic carbocycles. The van der Waals surface area contributed by atoms with Crippen LogP contribution in [0.15, 0.2) is 0 Å². The van der Waals surface area contributed by atoms with Gasteiger partial charge in [0.25, 0.3) is 0 Å². The molecular weight excluding hydrogens is 1340 g/mol. The second-order valence-corrected chi connectivity index (χ2v) is 32.6. The van der Waals surface area contributed by atoms with Crippen molar-refractivity contribution in [2.45, 2.75) is 283 Å². The Bertz CT molecular complexity index is 2830. The van der Waals surface area contributed by atoms with Crippen LogP contribution in [0.3, 0.4) is 0 Å². The second-order valence-electron chi connectivity index (χ2n) is 32.0. The summed E-state index contributed by atoms with van der Waals surface area (Å²) in [5.41, 5.74) is 0. The van der Waals surface area contributed by atoms with Gasteiger partial charge in [-0.05, 0) is 119 Å². The van der Waals surface area contributed by atoms with Crippen LogP contribution in [0.2, 0.25) is 0 Å². The number of hydrogen-bond donors (Lipinski definition) is 6. The molecule has 2 aliphatic carbocycles. The highest BCUT2D eigenvalue weighted by Gasteiger charge is 2.46. The third-order valence-corrected chi connectivity index (χ3v) is 21.8. The molecule has 2 aliphatic heterocycles. The lowest BCUT2D eigenvalue weighted by Crippen LogP contribution is -2.63. The van der Waals surface area contributed by atoms with Crippen molar-refractivity contribution in [1.82, 2.24) is 60.5 Å². The molecule has 4 fully saturated rings. The number of aliphatic hydroxyl groups excluding tert-OH is 2. The van der Waals surface area contributed by atoms with Gasteiger partial charge in [-0.3, -0.25) is 57.5 Å². The maximum Gasteiger partial charge on any atom is 0.248 e. The van der Waals surface area contributed by atoms with Crippen LogP contribution in [0.5, 0.6) is 0 Å². The first-order chi connectivity index (χ1) is 48.2. The van der Waals surface area contributed by atoms with E-state index in [-0.39, 0.29) is 73.7 Å². The van der Waals surface area contributed by atoms with Gasteiger partial charge in [0, 0.05) is 67.8 Å². The number of hydrogen-bond acceptors (Lipinski definition) is 15. The molecule has 4 aliphatic rings. The molecular formula is C75H131ClN12O15. The van der Waals surface area contributed by atoms with Crippen molar-refractivity contribution >= 4 is 82.5 Å². The van der Waals surface area contributed by atoms with Crippen LogP contribution in [0, 0.1) is 41.4 Å². The number of carbonyl (C=O) groups excluding carboxylic acids is 12. The number of aliphatic hydroxyl groups is 2. The first kappa shape index (κ1) is 89.2. The van der Waals surface area contributed by atoms with Gasteiger partial charge in [-0.2, -0.15) is 0 Å². The summed E-state index contributed by atoms with van der Waals surface area (Å²) in [6.45, 7) is 20.2. The molecule has 15 atom stereocenters. The molecule has 2 saturated carbocycles. The zero-order valence-corrected chi connectivity index (χ0v) is 66.4. The van der Waals surface area contributed by atoms with E-state index in [1.807, 2.05) is 48.5 Å². The first-order valence-electron chi connectivity index (χ1n) is 38.2. The average Bonchev–Trinajstić information content (AvgIpc) is 0.815. The molecule has 12 amide bonds. The van der Waals surface area contributed by atoms with Crippen molar-refractivity contribution < 1.29 is 72.5 Å². The van der Waals surface area contributed by atoms with E-state index >= 15 is 33.6 Å². The molecule has 0 radical (unpaired) electrons. The van der Waals surface area contributed by atoms with Crippen LogP contribution in [-0.4, -0.2) is 280 Å². The second kappa shape index (κ2) is 42.2. The zero-order valence-electron chi connectivity index (χ0n) is 65.7. The van der Waals surface area contributed by atoms with E-state index in [0.717, 1.165) is 66.1 Å². The van der Waals surface area contributed by atoms with E-state index in [9.17, 15) is 34.2 Å². The third kappa shape index (κ3) is 26.1. The number of likely N-dealkylation sites (N-methyl/N-ethyl adjacent to an activating group) is 7. The fourth-order valence-corrected chi connectivity index (χ4v) is 15.5. The number of rotatable bonds is 19. The smallest absolute Gasteiger partial charge is 0.248 e. The number of nitrogens with zero attached hydrogens (tertiary/aromatic N) is 8. The monoisotopic (exact) mass is 1470 g/mol. The average molecular weight is 1480 g/mol. The van der Waals surface area contributed by atoms with Crippen LogP contribution in [0.4, 0.5) is 0 Å². The number of halogens is 1. The van der Waals surface area contributed by atoms with Crippen LogP contribution < -0.4 is 21.3 Å². The summed E-state index contributed by atoms with van der Waals surface area (Å²) >= 11 is 6.82. The maximum atomic E-state index is 15.7. The van der Waals surface area contributed by atoms with Crippen molar-refractivity contribution in [3.8, 4) is 0 Å². The predicted octanol–water partition coefficient (Wildman–Crippen LogP) is 4.54. The molecule has 28 heteroatoms. The van der Waals surface area contributed by atoms with Gasteiger partial charge in [-0.1, -0.05) is 121 Å². The molecule has 588 valence electrons. The zero-order chi connectivity index (χ0) is 77.6. The van der Waals surface area contributed by atoms with Crippen molar-refractivity contribution in [2.75, 3.05) is 82.2 Å². The van der Waals surface area contributed by atoms with E-state index in [1.165, 1.54) is 82.8 Å². The Kier molecular flexibility index (Phi) is 36.6. The van der Waals surface area contributed by atoms with Crippen molar-refractivity contribution in [1.29, 1.82) is 0 Å². The molecule has 4 rings (SSSR count). The highest BCUT2D eigenvalue weighted by atomic mass is 35.5. The Labute approximate surface area is 619 Å². The van der Waals surface area contributed by atoms with Crippen molar-refractivity contribution in [3.05, 3.63) is 0 Å². The first-order valence-corrected chi connectivity index (χ1v) is 38.6. The molecule has 6 N–H and O–H groups in total. The summed E-state index contributed by atoms with van der Waals surface area (Å²) in [6.07, 6.45) is 7.09. The van der Waals surface area contributed by atoms with E-state index < -0.39 is 175 Å². The Morgan fingerprint density at radius 1 is 0.505 bits per heavy atom. The summed E-state index contributed by atoms with van der Waals surface area (Å²) < 4.78 is 5.86. The normalized spacial score (nSPS) is 28.8. The van der Waals surface area contributed by atoms with E-state index in [1.54, 1.807) is 25.7 Å². The molecule has 0 bridgehead atoms. The third-order valence-electron chi connectivity index (χ3n) is 21.4. The molecule has 2 heterocycles. The van der Waals surface area contributed by atoms with E-state index in [2.05, 4.69) is 21.3 Å². The number of ether oxygens (including phenoxy) is 1. The lowest BCUT2D eigenvalue weighted by molar-refractivity contribution is -0.153. The van der Waals surface area contributed by atoms with Gasteiger partial charge in [0.2, 0.25) is 70.9 Å².